The molecule has 9 rings (SSSR count). The monoisotopic (exact) mass is 574 g/mol. The van der Waals surface area contributed by atoms with Crippen LogP contribution in [0.5, 0.6) is 0 Å². The molecule has 1 aliphatic rings. The maximum absolute atomic E-state index is 5.49. The molecule has 1 aliphatic carbocycles. The summed E-state index contributed by atoms with van der Waals surface area (Å²) in [5.41, 5.74) is 11.6. The number of nitrogens with zero attached hydrogens (tertiary/aromatic N) is 2. The lowest BCUT2D eigenvalue weighted by Gasteiger charge is -2.22. The van der Waals surface area contributed by atoms with Crippen LogP contribution in [0.15, 0.2) is 146 Å². The predicted molar refractivity (Wildman–Crippen MR) is 188 cm³/mol. The summed E-state index contributed by atoms with van der Waals surface area (Å²) in [6.07, 6.45) is 0. The minimum atomic E-state index is -0.135. The van der Waals surface area contributed by atoms with Crippen LogP contribution < -0.4 is 0 Å². The molecule has 8 aromatic rings. The fourth-order valence-electron chi connectivity index (χ4n) is 7.39. The van der Waals surface area contributed by atoms with Gasteiger partial charge in [0, 0.05) is 27.3 Å². The Morgan fingerprint density at radius 2 is 1.09 bits per heavy atom. The average molecular weight is 575 g/mol. The van der Waals surface area contributed by atoms with Crippen LogP contribution >= 0.6 is 0 Å². The van der Waals surface area contributed by atoms with Crippen LogP contribution in [-0.4, -0.2) is 9.97 Å². The first-order valence-electron chi connectivity index (χ1n) is 15.6. The van der Waals surface area contributed by atoms with E-state index >= 15 is 0 Å². The molecule has 0 saturated carbocycles. The van der Waals surface area contributed by atoms with Gasteiger partial charge in [0.05, 0.1) is 11.2 Å². The van der Waals surface area contributed by atoms with Gasteiger partial charge in [-0.3, -0.25) is 0 Å². The van der Waals surface area contributed by atoms with Crippen LogP contribution in [0.4, 0.5) is 0 Å². The Balaban J connectivity index is 1.38. The summed E-state index contributed by atoms with van der Waals surface area (Å²) in [5.74, 6) is 0.765. The van der Waals surface area contributed by atoms with E-state index < -0.39 is 0 Å². The van der Waals surface area contributed by atoms with Gasteiger partial charge in [-0.15, -0.1) is 0 Å². The molecule has 1 aromatic heterocycles. The predicted octanol–water partition coefficient (Wildman–Crippen LogP) is 11.2. The van der Waals surface area contributed by atoms with Gasteiger partial charge in [0.25, 0.3) is 0 Å². The van der Waals surface area contributed by atoms with Crippen molar-refractivity contribution in [3.63, 3.8) is 0 Å². The van der Waals surface area contributed by atoms with E-state index in [9.17, 15) is 0 Å². The zero-order valence-corrected chi connectivity index (χ0v) is 25.3. The second kappa shape index (κ2) is 9.70. The molecule has 45 heavy (non-hydrogen) atoms. The molecule has 2 nitrogen and oxygen atoms in total. The Bertz CT molecular complexity index is 2440. The molecule has 1 heterocycles. The molecule has 0 amide bonds. The lowest BCUT2D eigenvalue weighted by molar-refractivity contribution is 0.661. The molecule has 0 radical (unpaired) electrons. The van der Waals surface area contributed by atoms with Gasteiger partial charge in [0.2, 0.25) is 0 Å². The van der Waals surface area contributed by atoms with E-state index in [0.717, 1.165) is 38.9 Å². The summed E-state index contributed by atoms with van der Waals surface area (Å²) in [5, 5.41) is 5.76. The average Bonchev–Trinajstić information content (AvgIpc) is 3.33. The molecule has 0 saturated heterocycles. The van der Waals surface area contributed by atoms with Crippen molar-refractivity contribution in [3.05, 3.63) is 157 Å². The van der Waals surface area contributed by atoms with Gasteiger partial charge in [-0.25, -0.2) is 9.97 Å². The van der Waals surface area contributed by atoms with Gasteiger partial charge in [0.1, 0.15) is 0 Å². The smallest absolute Gasteiger partial charge is 0.161 e. The summed E-state index contributed by atoms with van der Waals surface area (Å²) in [4.78, 5) is 10.9. The Hall–Kier alpha value is -5.60. The van der Waals surface area contributed by atoms with Crippen LogP contribution in [-0.2, 0) is 5.41 Å². The molecule has 212 valence electrons. The normalized spacial score (nSPS) is 13.3. The van der Waals surface area contributed by atoms with Crippen LogP contribution in [0.25, 0.3) is 77.3 Å². The van der Waals surface area contributed by atoms with Gasteiger partial charge < -0.3 is 0 Å². The number of benzene rings is 7. The second-order valence-electron chi connectivity index (χ2n) is 12.6. The van der Waals surface area contributed by atoms with Crippen molar-refractivity contribution < 1.29 is 0 Å². The van der Waals surface area contributed by atoms with Gasteiger partial charge in [-0.1, -0.05) is 147 Å². The van der Waals surface area contributed by atoms with Crippen molar-refractivity contribution >= 4 is 32.4 Å². The Labute approximate surface area is 262 Å². The van der Waals surface area contributed by atoms with E-state index in [1.807, 2.05) is 0 Å². The minimum absolute atomic E-state index is 0.135. The molecule has 0 bridgehead atoms. The van der Waals surface area contributed by atoms with Crippen LogP contribution in [0.3, 0.4) is 0 Å². The maximum atomic E-state index is 5.49. The highest BCUT2D eigenvalue weighted by molar-refractivity contribution is 6.12. The topological polar surface area (TPSA) is 25.8 Å². The summed E-state index contributed by atoms with van der Waals surface area (Å²) in [6, 6.07) is 52.2. The first-order valence-corrected chi connectivity index (χ1v) is 15.6. The van der Waals surface area contributed by atoms with E-state index in [-0.39, 0.29) is 5.41 Å². The largest absolute Gasteiger partial charge is 0.227 e. The van der Waals surface area contributed by atoms with Crippen molar-refractivity contribution in [2.75, 3.05) is 0 Å². The van der Waals surface area contributed by atoms with Gasteiger partial charge in [0.15, 0.2) is 5.82 Å². The molecule has 0 fully saturated rings. The number of rotatable bonds is 3. The highest BCUT2D eigenvalue weighted by Crippen LogP contribution is 2.54. The first kappa shape index (κ1) is 25.9. The maximum Gasteiger partial charge on any atom is 0.161 e. The first-order chi connectivity index (χ1) is 22.1. The van der Waals surface area contributed by atoms with Crippen molar-refractivity contribution in [3.8, 4) is 44.9 Å². The highest BCUT2D eigenvalue weighted by Gasteiger charge is 2.38. The van der Waals surface area contributed by atoms with Crippen LogP contribution in [0, 0.1) is 0 Å². The van der Waals surface area contributed by atoms with Crippen LogP contribution in [0.2, 0.25) is 0 Å². The van der Waals surface area contributed by atoms with Gasteiger partial charge in [-0.2, -0.15) is 0 Å². The third-order valence-corrected chi connectivity index (χ3v) is 9.67. The Morgan fingerprint density at radius 1 is 0.444 bits per heavy atom. The summed E-state index contributed by atoms with van der Waals surface area (Å²) in [6.45, 7) is 4.68. The molecule has 0 spiro atoms. The quantitative estimate of drug-likeness (QED) is 0.196. The van der Waals surface area contributed by atoms with Crippen molar-refractivity contribution in [2.24, 2.45) is 0 Å². The summed E-state index contributed by atoms with van der Waals surface area (Å²) >= 11 is 0. The highest BCUT2D eigenvalue weighted by atomic mass is 14.9. The Kier molecular flexibility index (Phi) is 5.58. The number of fused-ring (bicyclic) bond motifs is 7. The standard InChI is InChI=1S/C43H30N2/c1-43(2)36-19-11-10-18-34(36)38-37(43)26-31-15-7-8-16-32(31)39(38)42-44-40(30-22-20-28(21-23-30)27-12-4-3-5-13-27)35-25-24-29-14-6-9-17-33(29)41(35)45-42/h3-26H,1-2H3. The fourth-order valence-corrected chi connectivity index (χ4v) is 7.39. The number of hydrogen-bond donors (Lipinski definition) is 0. The third kappa shape index (κ3) is 3.89. The summed E-state index contributed by atoms with van der Waals surface area (Å²) in [7, 11) is 0. The Morgan fingerprint density at radius 3 is 1.91 bits per heavy atom. The lowest BCUT2D eigenvalue weighted by atomic mass is 9.81. The zero-order valence-electron chi connectivity index (χ0n) is 25.3. The van der Waals surface area contributed by atoms with E-state index in [4.69, 9.17) is 9.97 Å². The van der Waals surface area contributed by atoms with E-state index in [1.54, 1.807) is 0 Å². The second-order valence-corrected chi connectivity index (χ2v) is 12.6. The third-order valence-electron chi connectivity index (χ3n) is 9.67. The lowest BCUT2D eigenvalue weighted by Crippen LogP contribution is -2.15. The molecular weight excluding hydrogens is 544 g/mol. The molecule has 0 unspecified atom stereocenters. The summed E-state index contributed by atoms with van der Waals surface area (Å²) < 4.78 is 0. The SMILES string of the molecule is CC1(C)c2ccccc2-c2c1cc1ccccc1c2-c1nc(-c2ccc(-c3ccccc3)cc2)c2ccc3ccccc3c2n1. The van der Waals surface area contributed by atoms with Crippen molar-refractivity contribution in [1.82, 2.24) is 9.97 Å². The molecular formula is C43H30N2. The molecule has 0 N–H and O–H groups in total. The zero-order chi connectivity index (χ0) is 30.1. The van der Waals surface area contributed by atoms with Gasteiger partial charge in [-0.05, 0) is 61.7 Å². The molecule has 0 atom stereocenters. The minimum Gasteiger partial charge on any atom is -0.227 e. The van der Waals surface area contributed by atoms with E-state index in [2.05, 4.69) is 159 Å². The van der Waals surface area contributed by atoms with Crippen molar-refractivity contribution in [2.45, 2.75) is 19.3 Å². The van der Waals surface area contributed by atoms with E-state index in [1.165, 1.54) is 49.5 Å². The fraction of sp³-hybridized carbons (Fsp3) is 0.0698. The van der Waals surface area contributed by atoms with E-state index in [0.29, 0.717) is 0 Å². The number of aromatic nitrogens is 2. The molecule has 0 aliphatic heterocycles. The van der Waals surface area contributed by atoms with Gasteiger partial charge >= 0.3 is 0 Å². The molecule has 7 aromatic carbocycles. The molecule has 2 heteroatoms. The van der Waals surface area contributed by atoms with Crippen LogP contribution in [0.1, 0.15) is 25.0 Å². The number of hydrogen-bond acceptors (Lipinski definition) is 2. The van der Waals surface area contributed by atoms with Crippen molar-refractivity contribution in [1.29, 1.82) is 0 Å².